The third-order valence-corrected chi connectivity index (χ3v) is 5.08. The molecule has 1 aromatic carbocycles. The van der Waals surface area contributed by atoms with Gasteiger partial charge in [0.25, 0.3) is 0 Å². The molecule has 0 bridgehead atoms. The van der Waals surface area contributed by atoms with Gasteiger partial charge in [0.15, 0.2) is 0 Å². The van der Waals surface area contributed by atoms with Crippen LogP contribution in [0.3, 0.4) is 0 Å². The Kier molecular flexibility index (Phi) is 4.29. The Morgan fingerprint density at radius 3 is 3.10 bits per heavy atom. The fraction of sp³-hybridized carbons (Fsp3) is 0.500. The van der Waals surface area contributed by atoms with Crippen LogP contribution in [0.1, 0.15) is 43.2 Å². The number of nitriles is 1. The normalized spacial score (nSPS) is 20.1. The van der Waals surface area contributed by atoms with Gasteiger partial charge in [-0.1, -0.05) is 18.6 Å². The van der Waals surface area contributed by atoms with Crippen LogP contribution in [0.2, 0.25) is 0 Å². The Hall–Kier alpha value is -1.44. The minimum atomic E-state index is 0.458. The molecule has 3 nitrogen and oxygen atoms in total. The number of piperidine rings is 1. The minimum Gasteiger partial charge on any atom is -0.294 e. The third kappa shape index (κ3) is 2.84. The van der Waals surface area contributed by atoms with Gasteiger partial charge in [-0.05, 0) is 44.5 Å². The fourth-order valence-corrected chi connectivity index (χ4v) is 4.07. The van der Waals surface area contributed by atoms with Crippen molar-refractivity contribution >= 4 is 21.6 Å². The average molecular weight is 285 g/mol. The SMILES string of the molecule is N#CCCCN1CCCCC1c1nc2ccccc2s1. The lowest BCUT2D eigenvalue weighted by Crippen LogP contribution is -2.34. The molecule has 1 atom stereocenters. The predicted octanol–water partition coefficient (Wildman–Crippen LogP) is 4.13. The molecule has 1 aliphatic heterocycles. The van der Waals surface area contributed by atoms with E-state index < -0.39 is 0 Å². The minimum absolute atomic E-state index is 0.458. The van der Waals surface area contributed by atoms with E-state index in [4.69, 9.17) is 10.2 Å². The number of para-hydroxylation sites is 1. The largest absolute Gasteiger partial charge is 0.294 e. The second kappa shape index (κ2) is 6.34. The van der Waals surface area contributed by atoms with Gasteiger partial charge in [-0.25, -0.2) is 4.98 Å². The molecule has 104 valence electrons. The van der Waals surface area contributed by atoms with Gasteiger partial charge in [0.05, 0.1) is 22.3 Å². The summed E-state index contributed by atoms with van der Waals surface area (Å²) in [5.74, 6) is 0. The van der Waals surface area contributed by atoms with E-state index in [9.17, 15) is 0 Å². The topological polar surface area (TPSA) is 39.9 Å². The van der Waals surface area contributed by atoms with Gasteiger partial charge in [0, 0.05) is 6.42 Å². The van der Waals surface area contributed by atoms with Crippen molar-refractivity contribution in [2.45, 2.75) is 38.1 Å². The van der Waals surface area contributed by atoms with Crippen molar-refractivity contribution in [3.63, 3.8) is 0 Å². The molecule has 20 heavy (non-hydrogen) atoms. The lowest BCUT2D eigenvalue weighted by Gasteiger charge is -2.34. The summed E-state index contributed by atoms with van der Waals surface area (Å²) in [6, 6.07) is 11.1. The number of nitrogens with zero attached hydrogens (tertiary/aromatic N) is 3. The van der Waals surface area contributed by atoms with Crippen molar-refractivity contribution in [3.05, 3.63) is 29.3 Å². The number of rotatable bonds is 4. The Labute approximate surface area is 123 Å². The van der Waals surface area contributed by atoms with Crippen LogP contribution in [-0.4, -0.2) is 23.0 Å². The number of aromatic nitrogens is 1. The van der Waals surface area contributed by atoms with E-state index in [2.05, 4.69) is 35.2 Å². The molecule has 4 heteroatoms. The zero-order valence-electron chi connectivity index (χ0n) is 11.6. The summed E-state index contributed by atoms with van der Waals surface area (Å²) in [7, 11) is 0. The number of unbranched alkanes of at least 4 members (excludes halogenated alkanes) is 1. The van der Waals surface area contributed by atoms with E-state index >= 15 is 0 Å². The van der Waals surface area contributed by atoms with Crippen LogP contribution in [0.25, 0.3) is 10.2 Å². The van der Waals surface area contributed by atoms with Crippen LogP contribution >= 0.6 is 11.3 Å². The lowest BCUT2D eigenvalue weighted by molar-refractivity contribution is 0.147. The first kappa shape index (κ1) is 13.5. The molecule has 1 fully saturated rings. The van der Waals surface area contributed by atoms with Crippen molar-refractivity contribution in [3.8, 4) is 6.07 Å². The fourth-order valence-electron chi connectivity index (χ4n) is 2.93. The molecule has 0 radical (unpaired) electrons. The molecule has 1 aromatic heterocycles. The number of thiazole rings is 1. The van der Waals surface area contributed by atoms with E-state index in [1.807, 2.05) is 11.3 Å². The molecule has 0 saturated carbocycles. The Morgan fingerprint density at radius 2 is 2.25 bits per heavy atom. The molecular weight excluding hydrogens is 266 g/mol. The number of likely N-dealkylation sites (tertiary alicyclic amines) is 1. The maximum atomic E-state index is 8.70. The summed E-state index contributed by atoms with van der Waals surface area (Å²) in [5, 5.41) is 9.95. The van der Waals surface area contributed by atoms with Gasteiger partial charge in [0.2, 0.25) is 0 Å². The van der Waals surface area contributed by atoms with Crippen molar-refractivity contribution < 1.29 is 0 Å². The van der Waals surface area contributed by atoms with Crippen LogP contribution in [-0.2, 0) is 0 Å². The first-order chi connectivity index (χ1) is 9.88. The summed E-state index contributed by atoms with van der Waals surface area (Å²) >= 11 is 1.83. The van der Waals surface area contributed by atoms with Gasteiger partial charge >= 0.3 is 0 Å². The van der Waals surface area contributed by atoms with E-state index in [-0.39, 0.29) is 0 Å². The van der Waals surface area contributed by atoms with Gasteiger partial charge in [0.1, 0.15) is 5.01 Å². The Morgan fingerprint density at radius 1 is 1.35 bits per heavy atom. The number of hydrogen-bond donors (Lipinski definition) is 0. The van der Waals surface area contributed by atoms with E-state index in [0.717, 1.165) is 25.0 Å². The zero-order valence-corrected chi connectivity index (χ0v) is 12.4. The molecule has 0 aliphatic carbocycles. The van der Waals surface area contributed by atoms with Crippen LogP contribution in [0, 0.1) is 11.3 Å². The summed E-state index contributed by atoms with van der Waals surface area (Å²) < 4.78 is 1.28. The van der Waals surface area contributed by atoms with Crippen molar-refractivity contribution in [2.24, 2.45) is 0 Å². The highest BCUT2D eigenvalue weighted by Gasteiger charge is 2.26. The molecule has 2 aromatic rings. The first-order valence-electron chi connectivity index (χ1n) is 7.35. The second-order valence-corrected chi connectivity index (χ2v) is 6.39. The van der Waals surface area contributed by atoms with Crippen LogP contribution in [0.4, 0.5) is 0 Å². The van der Waals surface area contributed by atoms with Crippen molar-refractivity contribution in [1.29, 1.82) is 5.26 Å². The van der Waals surface area contributed by atoms with Crippen molar-refractivity contribution in [2.75, 3.05) is 13.1 Å². The highest BCUT2D eigenvalue weighted by Crippen LogP contribution is 2.35. The van der Waals surface area contributed by atoms with Gasteiger partial charge in [-0.15, -0.1) is 11.3 Å². The number of hydrogen-bond acceptors (Lipinski definition) is 4. The van der Waals surface area contributed by atoms with Gasteiger partial charge < -0.3 is 0 Å². The molecule has 3 rings (SSSR count). The highest BCUT2D eigenvalue weighted by atomic mass is 32.1. The van der Waals surface area contributed by atoms with Crippen LogP contribution < -0.4 is 0 Å². The smallest absolute Gasteiger partial charge is 0.111 e. The molecule has 0 amide bonds. The third-order valence-electron chi connectivity index (χ3n) is 3.94. The standard InChI is InChI=1S/C16H19N3S/c17-10-4-6-12-19-11-5-3-8-14(19)16-18-13-7-1-2-9-15(13)20-16/h1-2,7,9,14H,3-6,8,11-12H2. The number of benzene rings is 1. The predicted molar refractivity (Wildman–Crippen MR) is 82.6 cm³/mol. The maximum absolute atomic E-state index is 8.70. The lowest BCUT2D eigenvalue weighted by atomic mass is 10.0. The first-order valence-corrected chi connectivity index (χ1v) is 8.16. The van der Waals surface area contributed by atoms with E-state index in [1.54, 1.807) is 0 Å². The molecule has 0 spiro atoms. The Bertz CT molecular complexity index is 580. The van der Waals surface area contributed by atoms with Gasteiger partial charge in [-0.2, -0.15) is 5.26 Å². The molecule has 1 aliphatic rings. The summed E-state index contributed by atoms with van der Waals surface area (Å²) in [5.41, 5.74) is 1.12. The van der Waals surface area contributed by atoms with E-state index in [1.165, 1.54) is 29.0 Å². The summed E-state index contributed by atoms with van der Waals surface area (Å²) in [6.45, 7) is 2.17. The average Bonchev–Trinajstić information content (AvgIpc) is 2.92. The quantitative estimate of drug-likeness (QED) is 0.793. The molecule has 1 unspecified atom stereocenters. The molecular formula is C16H19N3S. The summed E-state index contributed by atoms with van der Waals surface area (Å²) in [4.78, 5) is 7.35. The number of fused-ring (bicyclic) bond motifs is 1. The molecule has 2 heterocycles. The van der Waals surface area contributed by atoms with Crippen LogP contribution in [0.15, 0.2) is 24.3 Å². The maximum Gasteiger partial charge on any atom is 0.111 e. The highest BCUT2D eigenvalue weighted by molar-refractivity contribution is 7.18. The molecule has 0 N–H and O–H groups in total. The monoisotopic (exact) mass is 285 g/mol. The van der Waals surface area contributed by atoms with Crippen molar-refractivity contribution in [1.82, 2.24) is 9.88 Å². The Balaban J connectivity index is 1.79. The molecule has 1 saturated heterocycles. The van der Waals surface area contributed by atoms with Gasteiger partial charge in [-0.3, -0.25) is 4.90 Å². The van der Waals surface area contributed by atoms with Crippen LogP contribution in [0.5, 0.6) is 0 Å². The van der Waals surface area contributed by atoms with E-state index in [0.29, 0.717) is 12.5 Å². The summed E-state index contributed by atoms with van der Waals surface area (Å²) in [6.07, 6.45) is 5.39. The zero-order chi connectivity index (χ0) is 13.8. The second-order valence-electron chi connectivity index (χ2n) is 5.33.